The first-order valence-electron chi connectivity index (χ1n) is 16.9. The standard InChI is InChI=1S/C28H37N6O5.2C2H6.CH4O/c1-32-13-6-8-18(32)16-38-26-21-25(34(27(36)33(21)2)14-7-15-37-17-34)29-24(30-26)22-19-9-5-12-28(23(19)31-39-22)11-4-3-10-20(28)35;3*1-2/h18H,3-17H2,1-2H3;2*1-2H3;2H,1H3/q+1;;;/t18-,28+,34?;;;/m0.../s1. The summed E-state index contributed by atoms with van der Waals surface area (Å²) < 4.78 is 18.2. The number of hydrogen-bond donors (Lipinski definition) is 1. The molecule has 2 spiro atoms. The van der Waals surface area contributed by atoms with E-state index in [1.165, 1.54) is 0 Å². The summed E-state index contributed by atoms with van der Waals surface area (Å²) in [5, 5.41) is 11.5. The van der Waals surface area contributed by atoms with Gasteiger partial charge in [-0.3, -0.25) is 9.69 Å². The van der Waals surface area contributed by atoms with Gasteiger partial charge in [-0.2, -0.15) is 14.5 Å². The van der Waals surface area contributed by atoms with Gasteiger partial charge in [-0.1, -0.05) is 39.3 Å². The molecule has 2 amide bonds. The van der Waals surface area contributed by atoms with Crippen LogP contribution in [0.5, 0.6) is 5.88 Å². The van der Waals surface area contributed by atoms with E-state index in [2.05, 4.69) is 17.1 Å². The average Bonchev–Trinajstić information content (AvgIpc) is 3.78. The molecule has 3 atom stereocenters. The van der Waals surface area contributed by atoms with Crippen molar-refractivity contribution < 1.29 is 28.7 Å². The summed E-state index contributed by atoms with van der Waals surface area (Å²) in [6.07, 6.45) is 8.79. The van der Waals surface area contributed by atoms with Gasteiger partial charge in [0.2, 0.25) is 17.5 Å². The number of rotatable bonds is 4. The number of nitrogens with zero attached hydrogens (tertiary/aromatic N) is 6. The molecule has 5 heterocycles. The Morgan fingerprint density at radius 1 is 1.00 bits per heavy atom. The molecule has 45 heavy (non-hydrogen) atoms. The number of fused-ring (bicyclic) bond motifs is 4. The van der Waals surface area contributed by atoms with Crippen molar-refractivity contribution in [3.05, 3.63) is 11.3 Å². The number of ether oxygens (including phenoxy) is 2. The normalized spacial score (nSPS) is 27.1. The van der Waals surface area contributed by atoms with Crippen LogP contribution < -0.4 is 14.1 Å². The highest BCUT2D eigenvalue weighted by Gasteiger charge is 2.56. The van der Waals surface area contributed by atoms with Crippen molar-refractivity contribution in [1.29, 1.82) is 0 Å². The van der Waals surface area contributed by atoms with E-state index in [-0.39, 0.29) is 29.1 Å². The second kappa shape index (κ2) is 15.1. The van der Waals surface area contributed by atoms with Crippen molar-refractivity contribution in [3.8, 4) is 17.5 Å². The fourth-order valence-corrected chi connectivity index (χ4v) is 7.48. The molecular weight excluding hydrogens is 576 g/mol. The number of quaternary nitrogens is 1. The third-order valence-electron chi connectivity index (χ3n) is 9.72. The number of likely N-dealkylation sites (N-methyl/N-ethyl adjacent to an activating group) is 1. The van der Waals surface area contributed by atoms with Crippen molar-refractivity contribution in [2.45, 2.75) is 103 Å². The van der Waals surface area contributed by atoms with Crippen LogP contribution in [0.3, 0.4) is 0 Å². The lowest BCUT2D eigenvalue weighted by atomic mass is 9.64. The minimum absolute atomic E-state index is 0.0141. The molecule has 3 fully saturated rings. The number of Topliss-reactive ketones (excluding diaryl/α,β-unsaturated/α-hetero) is 1. The molecule has 3 aliphatic heterocycles. The molecule has 0 bridgehead atoms. The number of aromatic nitrogens is 3. The molecule has 5 aliphatic rings. The highest BCUT2D eigenvalue weighted by Crippen LogP contribution is 2.50. The summed E-state index contributed by atoms with van der Waals surface area (Å²) in [5.41, 5.74) is 1.74. The molecule has 2 aromatic rings. The van der Waals surface area contributed by atoms with Crippen molar-refractivity contribution >= 4 is 23.3 Å². The Morgan fingerprint density at radius 2 is 1.76 bits per heavy atom. The molecule has 0 aromatic carbocycles. The van der Waals surface area contributed by atoms with E-state index in [0.717, 1.165) is 82.7 Å². The number of likely N-dealkylation sites (tertiary alicyclic amines) is 1. The third kappa shape index (κ3) is 6.02. The van der Waals surface area contributed by atoms with E-state index in [4.69, 9.17) is 29.1 Å². The molecule has 12 nitrogen and oxygen atoms in total. The molecule has 1 unspecified atom stereocenters. The van der Waals surface area contributed by atoms with E-state index in [9.17, 15) is 9.59 Å². The first kappa shape index (κ1) is 34.9. The smallest absolute Gasteiger partial charge is 0.432 e. The number of aliphatic hydroxyl groups is 1. The fourth-order valence-electron chi connectivity index (χ4n) is 7.48. The molecule has 1 saturated carbocycles. The van der Waals surface area contributed by atoms with E-state index in [1.54, 1.807) is 11.9 Å². The lowest BCUT2D eigenvalue weighted by Gasteiger charge is -2.37. The monoisotopic (exact) mass is 629 g/mol. The summed E-state index contributed by atoms with van der Waals surface area (Å²) in [5.74, 6) is 2.11. The summed E-state index contributed by atoms with van der Waals surface area (Å²) in [7, 11) is 4.87. The van der Waals surface area contributed by atoms with Crippen molar-refractivity contribution in [2.24, 2.45) is 0 Å². The molecule has 250 valence electrons. The van der Waals surface area contributed by atoms with Crippen molar-refractivity contribution in [3.63, 3.8) is 0 Å². The van der Waals surface area contributed by atoms with Crippen LogP contribution in [0.4, 0.5) is 16.3 Å². The molecule has 1 N–H and O–H groups in total. The molecule has 2 saturated heterocycles. The van der Waals surface area contributed by atoms with Gasteiger partial charge in [0, 0.05) is 38.6 Å². The Kier molecular flexibility index (Phi) is 11.7. The molecular formula is C33H53N6O6+. The third-order valence-corrected chi connectivity index (χ3v) is 9.72. The highest BCUT2D eigenvalue weighted by atomic mass is 16.5. The lowest BCUT2D eigenvalue weighted by Crippen LogP contribution is -2.59. The van der Waals surface area contributed by atoms with Crippen molar-refractivity contribution in [2.75, 3.05) is 59.1 Å². The van der Waals surface area contributed by atoms with Gasteiger partial charge in [-0.05, 0) is 58.5 Å². The van der Waals surface area contributed by atoms with Gasteiger partial charge in [-0.15, -0.1) is 0 Å². The van der Waals surface area contributed by atoms with Crippen LogP contribution in [0.15, 0.2) is 4.52 Å². The predicted molar refractivity (Wildman–Crippen MR) is 174 cm³/mol. The van der Waals surface area contributed by atoms with Crippen LogP contribution in [0, 0.1) is 0 Å². The largest absolute Gasteiger partial charge is 0.474 e. The molecule has 0 radical (unpaired) electrons. The number of urea groups is 1. The second-order valence-corrected chi connectivity index (χ2v) is 11.9. The Labute approximate surface area is 267 Å². The maximum Gasteiger partial charge on any atom is 0.432 e. The van der Waals surface area contributed by atoms with Gasteiger partial charge in [0.15, 0.2) is 12.4 Å². The van der Waals surface area contributed by atoms with Gasteiger partial charge >= 0.3 is 6.03 Å². The van der Waals surface area contributed by atoms with Gasteiger partial charge in [0.05, 0.1) is 18.6 Å². The zero-order chi connectivity index (χ0) is 32.8. The zero-order valence-corrected chi connectivity index (χ0v) is 28.4. The molecule has 12 heteroatoms. The number of anilines is 1. The molecule has 2 aromatic heterocycles. The van der Waals surface area contributed by atoms with Crippen LogP contribution in [0.2, 0.25) is 0 Å². The van der Waals surface area contributed by atoms with E-state index >= 15 is 0 Å². The van der Waals surface area contributed by atoms with Crippen LogP contribution in [-0.2, 0) is 21.4 Å². The average molecular weight is 630 g/mol. The van der Waals surface area contributed by atoms with E-state index in [1.807, 2.05) is 27.7 Å². The Bertz CT molecular complexity index is 1320. The maximum absolute atomic E-state index is 13.7. The Morgan fingerprint density at radius 3 is 2.42 bits per heavy atom. The lowest BCUT2D eigenvalue weighted by molar-refractivity contribution is -0.127. The Balaban J connectivity index is 0.000000727. The van der Waals surface area contributed by atoms with Crippen LogP contribution in [0.1, 0.15) is 96.7 Å². The zero-order valence-electron chi connectivity index (χ0n) is 28.4. The van der Waals surface area contributed by atoms with Crippen LogP contribution >= 0.6 is 0 Å². The first-order valence-corrected chi connectivity index (χ1v) is 16.9. The van der Waals surface area contributed by atoms with E-state index < -0.39 is 5.41 Å². The minimum atomic E-state index is -0.554. The number of carbonyl (C=O) groups is 2. The van der Waals surface area contributed by atoms with Gasteiger partial charge < -0.3 is 24.0 Å². The fraction of sp³-hybridized carbons (Fsp3) is 0.727. The SMILES string of the molecule is CC.CC.CN1C(=O)[N+]2(CCCOC2)c2nc(-c3onc4c3CCC[C@@]43CCCCC3=O)nc(OC[C@@H]3CCCN3C)c21.CO. The van der Waals surface area contributed by atoms with Crippen LogP contribution in [-0.4, -0.2) is 97.2 Å². The predicted octanol–water partition coefficient (Wildman–Crippen LogP) is 5.24. The molecule has 7 rings (SSSR count). The number of ketones is 1. The summed E-state index contributed by atoms with van der Waals surface area (Å²) in [6, 6.07) is 0.198. The summed E-state index contributed by atoms with van der Waals surface area (Å²) >= 11 is 0. The van der Waals surface area contributed by atoms with E-state index in [0.29, 0.717) is 55.1 Å². The second-order valence-electron chi connectivity index (χ2n) is 11.9. The number of hydrogen-bond acceptors (Lipinski definition) is 10. The van der Waals surface area contributed by atoms with Crippen LogP contribution in [0.25, 0.3) is 11.6 Å². The molecule has 2 aliphatic carbocycles. The minimum Gasteiger partial charge on any atom is -0.474 e. The first-order chi connectivity index (χ1) is 21.9. The highest BCUT2D eigenvalue weighted by molar-refractivity contribution is 6.09. The Hall–Kier alpha value is -2.93. The number of carbonyl (C=O) groups excluding carboxylic acids is 2. The summed E-state index contributed by atoms with van der Waals surface area (Å²) in [4.78, 5) is 40.7. The van der Waals surface area contributed by atoms with Gasteiger partial charge in [0.25, 0.3) is 5.82 Å². The van der Waals surface area contributed by atoms with Crippen molar-refractivity contribution in [1.82, 2.24) is 24.5 Å². The van der Waals surface area contributed by atoms with Gasteiger partial charge in [-0.25, -0.2) is 4.79 Å². The number of amides is 2. The number of aliphatic hydroxyl groups excluding tert-OH is 1. The topological polar surface area (TPSA) is 131 Å². The quantitative estimate of drug-likeness (QED) is 0.448. The van der Waals surface area contributed by atoms with Gasteiger partial charge in [0.1, 0.15) is 18.1 Å². The maximum atomic E-state index is 13.7. The summed E-state index contributed by atoms with van der Waals surface area (Å²) in [6.45, 7) is 11.0.